The van der Waals surface area contributed by atoms with Crippen LogP contribution in [0.15, 0.2) is 71.7 Å². The lowest BCUT2D eigenvalue weighted by Crippen LogP contribution is -2.44. The Morgan fingerprint density at radius 1 is 1.08 bits per heavy atom. The molecule has 1 fully saturated rings. The second kappa shape index (κ2) is 9.23. The number of anilines is 2. The molecule has 1 N–H and O–H groups in total. The average Bonchev–Trinajstić information content (AvgIpc) is 3.31. The number of fused-ring (bicyclic) bond motifs is 2. The van der Waals surface area contributed by atoms with Crippen molar-refractivity contribution in [2.75, 3.05) is 18.6 Å². The number of para-hydroxylation sites is 1. The molecule has 4 atom stereocenters. The van der Waals surface area contributed by atoms with Gasteiger partial charge in [0.2, 0.25) is 8.41 Å². The number of rotatable bonds is 6. The Morgan fingerprint density at radius 2 is 1.81 bits per heavy atom. The van der Waals surface area contributed by atoms with Crippen molar-refractivity contribution in [2.45, 2.75) is 43.7 Å². The van der Waals surface area contributed by atoms with Crippen molar-refractivity contribution < 1.29 is 23.5 Å². The maximum Gasteiger partial charge on any atom is 0.297 e. The van der Waals surface area contributed by atoms with Crippen LogP contribution in [0.5, 0.6) is 5.75 Å². The van der Waals surface area contributed by atoms with E-state index in [-0.39, 0.29) is 30.2 Å². The Balaban J connectivity index is 1.75. The fourth-order valence-corrected chi connectivity index (χ4v) is 8.72. The summed E-state index contributed by atoms with van der Waals surface area (Å²) in [6, 6.07) is 17.9. The lowest BCUT2D eigenvalue weighted by molar-refractivity contribution is -0.145. The third-order valence-electron chi connectivity index (χ3n) is 7.69. The Hall–Kier alpha value is -3.27. The molecule has 3 heterocycles. The zero-order valence-corrected chi connectivity index (χ0v) is 22.3. The van der Waals surface area contributed by atoms with E-state index in [1.54, 1.807) is 54.5 Å². The second-order valence-electron chi connectivity index (χ2n) is 10.2. The van der Waals surface area contributed by atoms with E-state index in [2.05, 4.69) is 0 Å². The molecule has 0 unspecified atom stereocenters. The number of ether oxygens (including phenoxy) is 2. The summed E-state index contributed by atoms with van der Waals surface area (Å²) in [5, 5.41) is 9.76. The van der Waals surface area contributed by atoms with Crippen molar-refractivity contribution in [2.24, 2.45) is 5.92 Å². The number of carbonyl (C=O) groups excluding carboxylic acids is 1. The van der Waals surface area contributed by atoms with Gasteiger partial charge in [0.15, 0.2) is 11.4 Å². The molecule has 1 saturated heterocycles. The Labute approximate surface area is 216 Å². The third kappa shape index (κ3) is 3.84. The fourth-order valence-electron chi connectivity index (χ4n) is 6.17. The zero-order valence-electron chi connectivity index (χ0n) is 21.3. The van der Waals surface area contributed by atoms with Crippen LogP contribution in [-0.4, -0.2) is 43.8 Å². The number of aliphatic hydroxyl groups is 1. The summed E-state index contributed by atoms with van der Waals surface area (Å²) in [6.07, 6.45) is 1.27. The highest BCUT2D eigenvalue weighted by molar-refractivity contribution is 6.72. The van der Waals surface area contributed by atoms with Gasteiger partial charge < -0.3 is 18.7 Å². The first-order valence-electron chi connectivity index (χ1n) is 12.4. The number of nitrogens with zero attached hydrogens (tertiary/aromatic N) is 2. The SMILES string of the molecule is COc1cccn(-c2ccc3c(c2)[C@@]2(O[C@H](CCO)[C@@H]([Si](C)(C)F)[C@@H]2C)C(=O)N3c2ccccc2)c1=O. The van der Waals surface area contributed by atoms with Gasteiger partial charge in [0, 0.05) is 41.2 Å². The highest BCUT2D eigenvalue weighted by atomic mass is 28.4. The molecule has 2 aliphatic heterocycles. The standard InChI is InChI=1S/C28H31FN2O5Si/c1-18-25(37(3,4)29)23(14-16-32)36-28(18)21-17-20(30-15-8-11-24(35-2)26(30)33)12-13-22(21)31(27(28)34)19-9-6-5-7-10-19/h5-13,15,17-18,23,25,32H,14,16H2,1-4H3/t18-,23+,25-,28+/m0/s1. The van der Waals surface area contributed by atoms with E-state index in [4.69, 9.17) is 9.47 Å². The summed E-state index contributed by atoms with van der Waals surface area (Å²) in [5.41, 5.74) is 0.137. The van der Waals surface area contributed by atoms with Gasteiger partial charge in [-0.3, -0.25) is 19.1 Å². The van der Waals surface area contributed by atoms with E-state index in [1.165, 1.54) is 11.7 Å². The summed E-state index contributed by atoms with van der Waals surface area (Å²) < 4.78 is 29.0. The van der Waals surface area contributed by atoms with E-state index >= 15 is 4.11 Å². The molecule has 7 nitrogen and oxygen atoms in total. The van der Waals surface area contributed by atoms with E-state index in [0.717, 1.165) is 0 Å². The van der Waals surface area contributed by atoms with Gasteiger partial charge in [-0.1, -0.05) is 25.1 Å². The molecule has 0 radical (unpaired) electrons. The van der Waals surface area contributed by atoms with E-state index < -0.39 is 31.6 Å². The van der Waals surface area contributed by atoms with Crippen LogP contribution < -0.4 is 15.2 Å². The van der Waals surface area contributed by atoms with Crippen molar-refractivity contribution in [3.8, 4) is 11.4 Å². The summed E-state index contributed by atoms with van der Waals surface area (Å²) in [5.74, 6) is -0.591. The number of hydrogen-bond acceptors (Lipinski definition) is 5. The van der Waals surface area contributed by atoms with Crippen LogP contribution in [0.2, 0.25) is 18.6 Å². The van der Waals surface area contributed by atoms with Gasteiger partial charge in [0.1, 0.15) is 0 Å². The number of aliphatic hydroxyl groups excluding tert-OH is 1. The molecular weight excluding hydrogens is 491 g/mol. The highest BCUT2D eigenvalue weighted by Crippen LogP contribution is 2.61. The van der Waals surface area contributed by atoms with Gasteiger partial charge in [-0.15, -0.1) is 0 Å². The number of hydrogen-bond donors (Lipinski definition) is 1. The van der Waals surface area contributed by atoms with Crippen molar-refractivity contribution in [3.63, 3.8) is 0 Å². The highest BCUT2D eigenvalue weighted by Gasteiger charge is 2.66. The summed E-state index contributed by atoms with van der Waals surface area (Å²) in [7, 11) is -1.87. The molecule has 2 aliphatic rings. The maximum atomic E-state index is 15.8. The summed E-state index contributed by atoms with van der Waals surface area (Å²) >= 11 is 0. The Kier molecular flexibility index (Phi) is 6.33. The van der Waals surface area contributed by atoms with Crippen molar-refractivity contribution >= 4 is 25.7 Å². The maximum absolute atomic E-state index is 15.8. The average molecular weight is 523 g/mol. The molecule has 1 amide bonds. The lowest BCUT2D eigenvalue weighted by atomic mass is 9.82. The largest absolute Gasteiger partial charge is 0.491 e. The van der Waals surface area contributed by atoms with Gasteiger partial charge in [-0.05, 0) is 62.0 Å². The van der Waals surface area contributed by atoms with Gasteiger partial charge in [0.25, 0.3) is 11.5 Å². The fraction of sp³-hybridized carbons (Fsp3) is 0.357. The molecule has 2 aromatic carbocycles. The molecule has 0 bridgehead atoms. The quantitative estimate of drug-likeness (QED) is 0.376. The van der Waals surface area contributed by atoms with Crippen molar-refractivity contribution in [1.82, 2.24) is 4.57 Å². The van der Waals surface area contributed by atoms with Crippen LogP contribution in [0, 0.1) is 5.92 Å². The molecule has 1 aromatic heterocycles. The van der Waals surface area contributed by atoms with Crippen molar-refractivity contribution in [3.05, 3.63) is 82.8 Å². The molecule has 194 valence electrons. The van der Waals surface area contributed by atoms with Crippen molar-refractivity contribution in [1.29, 1.82) is 0 Å². The molecule has 3 aromatic rings. The molecular formula is C28H31FN2O5Si. The normalized spacial score (nSPS) is 25.1. The molecule has 1 spiro atoms. The number of carbonyl (C=O) groups is 1. The van der Waals surface area contributed by atoms with Gasteiger partial charge >= 0.3 is 0 Å². The van der Waals surface area contributed by atoms with E-state index in [9.17, 15) is 14.7 Å². The predicted octanol–water partition coefficient (Wildman–Crippen LogP) is 4.68. The summed E-state index contributed by atoms with van der Waals surface area (Å²) in [4.78, 5) is 29.0. The number of pyridine rings is 1. The number of aromatic nitrogens is 1. The smallest absolute Gasteiger partial charge is 0.297 e. The topological polar surface area (TPSA) is 81.0 Å². The van der Waals surface area contributed by atoms with Gasteiger partial charge in [-0.25, -0.2) is 0 Å². The van der Waals surface area contributed by atoms with Crippen LogP contribution >= 0.6 is 0 Å². The van der Waals surface area contributed by atoms with E-state index in [1.807, 2.05) is 37.3 Å². The predicted molar refractivity (Wildman–Crippen MR) is 142 cm³/mol. The first-order chi connectivity index (χ1) is 17.6. The Morgan fingerprint density at radius 3 is 2.46 bits per heavy atom. The van der Waals surface area contributed by atoms with Crippen LogP contribution in [0.25, 0.3) is 5.69 Å². The molecule has 0 saturated carbocycles. The second-order valence-corrected chi connectivity index (χ2v) is 14.0. The number of amides is 1. The van der Waals surface area contributed by atoms with Crippen LogP contribution in [-0.2, 0) is 15.1 Å². The lowest BCUT2D eigenvalue weighted by Gasteiger charge is -2.31. The first kappa shape index (κ1) is 25.4. The number of methoxy groups -OCH3 is 1. The first-order valence-corrected chi connectivity index (χ1v) is 15.4. The van der Waals surface area contributed by atoms with Gasteiger partial charge in [-0.2, -0.15) is 0 Å². The minimum Gasteiger partial charge on any atom is -0.491 e. The Bertz CT molecular complexity index is 1390. The third-order valence-corrected chi connectivity index (χ3v) is 10.1. The molecule has 37 heavy (non-hydrogen) atoms. The minimum atomic E-state index is -3.31. The van der Waals surface area contributed by atoms with E-state index in [0.29, 0.717) is 22.6 Å². The summed E-state index contributed by atoms with van der Waals surface area (Å²) in [6.45, 7) is 4.96. The molecule has 9 heteroatoms. The monoisotopic (exact) mass is 522 g/mol. The minimum absolute atomic E-state index is 0.170. The van der Waals surface area contributed by atoms with Crippen LogP contribution in [0.3, 0.4) is 0 Å². The molecule has 5 rings (SSSR count). The zero-order chi connectivity index (χ0) is 26.5. The van der Waals surface area contributed by atoms with Crippen LogP contribution in [0.4, 0.5) is 15.5 Å². The van der Waals surface area contributed by atoms with Gasteiger partial charge in [0.05, 0.1) is 18.9 Å². The number of halogens is 1. The van der Waals surface area contributed by atoms with Crippen LogP contribution in [0.1, 0.15) is 18.9 Å². The number of benzene rings is 2. The molecule has 0 aliphatic carbocycles.